The van der Waals surface area contributed by atoms with E-state index in [0.717, 1.165) is 18.2 Å². The lowest BCUT2D eigenvalue weighted by atomic mass is 10.2. The van der Waals surface area contributed by atoms with Crippen molar-refractivity contribution in [3.8, 4) is 0 Å². The van der Waals surface area contributed by atoms with Gasteiger partial charge in [0, 0.05) is 13.8 Å². The second-order valence-electron chi connectivity index (χ2n) is 5.61. The summed E-state index contributed by atoms with van der Waals surface area (Å²) in [6, 6.07) is 7.22. The van der Waals surface area contributed by atoms with Gasteiger partial charge in [-0.25, -0.2) is 8.42 Å². The van der Waals surface area contributed by atoms with E-state index < -0.39 is 38.2 Å². The summed E-state index contributed by atoms with van der Waals surface area (Å²) in [4.78, 5) is -0.395. The highest BCUT2D eigenvalue weighted by molar-refractivity contribution is 9.10. The summed E-state index contributed by atoms with van der Waals surface area (Å²) in [5, 5.41) is 0. The van der Waals surface area contributed by atoms with Gasteiger partial charge in [0.2, 0.25) is 0 Å². The SMILES string of the molecule is CCS(=O)(=O)c1ccc(Br)cc1C(F)(F)F.CCSc1ccc(Br)cc1C(F)(F)F. The quantitative estimate of drug-likeness (QED) is 0.264. The average Bonchev–Trinajstić information content (AvgIpc) is 2.62. The second kappa shape index (κ2) is 10.7. The minimum atomic E-state index is -4.68. The van der Waals surface area contributed by atoms with Crippen LogP contribution in [0.25, 0.3) is 0 Å². The standard InChI is InChI=1S/C9H8BrF3O2S.C9H8BrF3S/c1-2-16(14,15)8-4-3-6(10)5-7(8)9(11,12)13;1-2-14-8-4-3-6(10)5-7(8)9(11,12)13/h3-5H,2H2,1H3;3-5H,2H2,1H3. The second-order valence-corrected chi connectivity index (χ2v) is 11.0. The first-order valence-electron chi connectivity index (χ1n) is 8.22. The maximum absolute atomic E-state index is 12.6. The van der Waals surface area contributed by atoms with Gasteiger partial charge >= 0.3 is 12.4 Å². The fourth-order valence-electron chi connectivity index (χ4n) is 2.16. The van der Waals surface area contributed by atoms with E-state index >= 15 is 0 Å². The number of sulfone groups is 1. The van der Waals surface area contributed by atoms with Crippen molar-refractivity contribution < 1.29 is 34.8 Å². The molecule has 0 fully saturated rings. The van der Waals surface area contributed by atoms with Crippen molar-refractivity contribution in [2.24, 2.45) is 0 Å². The van der Waals surface area contributed by atoms with Crippen LogP contribution in [0.2, 0.25) is 0 Å². The highest BCUT2D eigenvalue weighted by Crippen LogP contribution is 2.38. The predicted octanol–water partition coefficient (Wildman–Crippen LogP) is 7.84. The highest BCUT2D eigenvalue weighted by atomic mass is 79.9. The Morgan fingerprint density at radius 1 is 0.833 bits per heavy atom. The molecule has 2 rings (SSSR count). The van der Waals surface area contributed by atoms with Crippen molar-refractivity contribution in [3.63, 3.8) is 0 Å². The zero-order valence-corrected chi connectivity index (χ0v) is 20.3. The molecule has 0 aliphatic heterocycles. The minimum Gasteiger partial charge on any atom is -0.224 e. The third kappa shape index (κ3) is 7.76. The topological polar surface area (TPSA) is 34.1 Å². The third-order valence-corrected chi connectivity index (χ3v) is 7.24. The molecule has 12 heteroatoms. The van der Waals surface area contributed by atoms with E-state index in [2.05, 4.69) is 31.9 Å². The monoisotopic (exact) mass is 600 g/mol. The molecular formula is C18H16Br2F6O2S2. The van der Waals surface area contributed by atoms with Gasteiger partial charge in [-0.2, -0.15) is 26.3 Å². The fourth-order valence-corrected chi connectivity index (χ4v) is 4.78. The minimum absolute atomic E-state index is 0.190. The number of halogens is 8. The Labute approximate surface area is 191 Å². The number of hydrogen-bond acceptors (Lipinski definition) is 3. The normalized spacial score (nSPS) is 12.3. The van der Waals surface area contributed by atoms with Crippen LogP contribution in [0.4, 0.5) is 26.3 Å². The molecule has 2 aromatic rings. The Balaban J connectivity index is 0.000000303. The zero-order valence-electron chi connectivity index (χ0n) is 15.5. The van der Waals surface area contributed by atoms with Crippen LogP contribution in [0.3, 0.4) is 0 Å². The molecule has 2 aromatic carbocycles. The lowest BCUT2D eigenvalue weighted by Gasteiger charge is -2.12. The van der Waals surface area contributed by atoms with Crippen LogP contribution in [-0.2, 0) is 22.2 Å². The first-order chi connectivity index (χ1) is 13.6. The number of thioether (sulfide) groups is 1. The highest BCUT2D eigenvalue weighted by Gasteiger charge is 2.37. The summed E-state index contributed by atoms with van der Waals surface area (Å²) in [7, 11) is -3.87. The molecule has 168 valence electrons. The maximum atomic E-state index is 12.6. The van der Waals surface area contributed by atoms with Gasteiger partial charge in [0.25, 0.3) is 0 Å². The molecule has 0 aliphatic carbocycles. The smallest absolute Gasteiger partial charge is 0.224 e. The van der Waals surface area contributed by atoms with Crippen molar-refractivity contribution in [1.82, 2.24) is 0 Å². The van der Waals surface area contributed by atoms with Crippen LogP contribution in [0.15, 0.2) is 55.1 Å². The van der Waals surface area contributed by atoms with E-state index in [9.17, 15) is 34.8 Å². The molecule has 0 saturated heterocycles. The third-order valence-electron chi connectivity index (χ3n) is 3.51. The molecule has 0 unspecified atom stereocenters. The summed E-state index contributed by atoms with van der Waals surface area (Å²) in [6.07, 6.45) is -8.96. The van der Waals surface area contributed by atoms with Crippen LogP contribution >= 0.6 is 43.6 Å². The van der Waals surface area contributed by atoms with E-state index in [1.54, 1.807) is 6.07 Å². The van der Waals surface area contributed by atoms with E-state index in [1.165, 1.54) is 30.8 Å². The molecule has 30 heavy (non-hydrogen) atoms. The van der Waals surface area contributed by atoms with E-state index in [4.69, 9.17) is 0 Å². The van der Waals surface area contributed by atoms with E-state index in [1.807, 2.05) is 6.92 Å². The van der Waals surface area contributed by atoms with Crippen molar-refractivity contribution in [1.29, 1.82) is 0 Å². The van der Waals surface area contributed by atoms with Gasteiger partial charge in [-0.1, -0.05) is 45.7 Å². The molecule has 0 amide bonds. The maximum Gasteiger partial charge on any atom is 0.417 e. The Hall–Kier alpha value is -0.720. The summed E-state index contributed by atoms with van der Waals surface area (Å²) in [5.74, 6) is 0.266. The van der Waals surface area contributed by atoms with E-state index in [-0.39, 0.29) is 15.1 Å². The number of hydrogen-bond donors (Lipinski definition) is 0. The first kappa shape index (κ1) is 27.3. The zero-order chi connectivity index (χ0) is 23.3. The fraction of sp³-hybridized carbons (Fsp3) is 0.333. The van der Waals surface area contributed by atoms with Gasteiger partial charge in [0.05, 0.1) is 21.8 Å². The molecule has 0 saturated carbocycles. The molecule has 0 aliphatic rings. The Morgan fingerprint density at radius 2 is 1.30 bits per heavy atom. The largest absolute Gasteiger partial charge is 0.417 e. The van der Waals surface area contributed by atoms with Crippen molar-refractivity contribution >= 4 is 53.5 Å². The molecule has 2 nitrogen and oxygen atoms in total. The van der Waals surface area contributed by atoms with Gasteiger partial charge in [-0.3, -0.25) is 0 Å². The predicted molar refractivity (Wildman–Crippen MR) is 112 cm³/mol. The lowest BCUT2D eigenvalue weighted by Crippen LogP contribution is -2.14. The summed E-state index contributed by atoms with van der Waals surface area (Å²) in [5.41, 5.74) is -1.71. The average molecular weight is 602 g/mol. The van der Waals surface area contributed by atoms with Crippen LogP contribution < -0.4 is 0 Å². The number of alkyl halides is 6. The van der Waals surface area contributed by atoms with E-state index in [0.29, 0.717) is 10.2 Å². The number of benzene rings is 2. The van der Waals surface area contributed by atoms with Gasteiger partial charge in [0.1, 0.15) is 0 Å². The van der Waals surface area contributed by atoms with Gasteiger partial charge < -0.3 is 0 Å². The van der Waals surface area contributed by atoms with Gasteiger partial charge in [-0.05, 0) is 42.2 Å². The van der Waals surface area contributed by atoms with Crippen LogP contribution in [-0.4, -0.2) is 19.9 Å². The molecule has 0 N–H and O–H groups in total. The van der Waals surface area contributed by atoms with Gasteiger partial charge in [-0.15, -0.1) is 11.8 Å². The molecule has 0 bridgehead atoms. The van der Waals surface area contributed by atoms with Crippen molar-refractivity contribution in [3.05, 3.63) is 56.5 Å². The Kier molecular flexibility index (Phi) is 9.77. The molecule has 0 heterocycles. The lowest BCUT2D eigenvalue weighted by molar-refractivity contribution is -0.140. The number of rotatable bonds is 4. The summed E-state index contributed by atoms with van der Waals surface area (Å²) in [6.45, 7) is 3.13. The molecular weight excluding hydrogens is 586 g/mol. The van der Waals surface area contributed by atoms with Crippen molar-refractivity contribution in [2.45, 2.75) is 36.0 Å². The summed E-state index contributed by atoms with van der Waals surface area (Å²) >= 11 is 7.11. The molecule has 0 spiro atoms. The van der Waals surface area contributed by atoms with Crippen LogP contribution in [0.5, 0.6) is 0 Å². The first-order valence-corrected chi connectivity index (χ1v) is 12.4. The Bertz CT molecular complexity index is 974. The Morgan fingerprint density at radius 3 is 1.73 bits per heavy atom. The van der Waals surface area contributed by atoms with Crippen LogP contribution in [0, 0.1) is 0 Å². The molecule has 0 radical (unpaired) electrons. The van der Waals surface area contributed by atoms with Crippen LogP contribution in [0.1, 0.15) is 25.0 Å². The van der Waals surface area contributed by atoms with Gasteiger partial charge in [0.15, 0.2) is 9.84 Å². The molecule has 0 aromatic heterocycles. The van der Waals surface area contributed by atoms with Crippen molar-refractivity contribution in [2.75, 3.05) is 11.5 Å². The summed E-state index contributed by atoms with van der Waals surface area (Å²) < 4.78 is 98.9. The molecule has 0 atom stereocenters.